The zero-order chi connectivity index (χ0) is 18.7. The topological polar surface area (TPSA) is 89.3 Å². The second kappa shape index (κ2) is 7.01. The van der Waals surface area contributed by atoms with E-state index in [-0.39, 0.29) is 10.5 Å². The first-order valence-corrected chi connectivity index (χ1v) is 9.45. The minimum atomic E-state index is -3.86. The second-order valence-electron chi connectivity index (χ2n) is 5.81. The minimum Gasteiger partial charge on any atom is -0.366 e. The van der Waals surface area contributed by atoms with Gasteiger partial charge in [0.15, 0.2) is 0 Å². The summed E-state index contributed by atoms with van der Waals surface area (Å²) in [6.07, 6.45) is 0. The highest BCUT2D eigenvalue weighted by atomic mass is 32.2. The molecule has 0 radical (unpaired) electrons. The third-order valence-corrected chi connectivity index (χ3v) is 5.53. The summed E-state index contributed by atoms with van der Waals surface area (Å²) in [5, 5.41) is 0. The summed E-state index contributed by atoms with van der Waals surface area (Å²) < 4.78 is 28.6. The van der Waals surface area contributed by atoms with E-state index in [1.807, 2.05) is 30.3 Å². The molecule has 26 heavy (non-hydrogen) atoms. The van der Waals surface area contributed by atoms with Crippen LogP contribution in [0.5, 0.6) is 0 Å². The molecule has 0 saturated heterocycles. The molecular weight excluding hydrogens is 348 g/mol. The fraction of sp³-hybridized carbons (Fsp3) is 0.0500. The van der Waals surface area contributed by atoms with Gasteiger partial charge in [-0.3, -0.25) is 9.52 Å². The van der Waals surface area contributed by atoms with Crippen molar-refractivity contribution in [2.24, 2.45) is 5.73 Å². The van der Waals surface area contributed by atoms with E-state index in [9.17, 15) is 13.2 Å². The third-order valence-electron chi connectivity index (χ3n) is 4.10. The van der Waals surface area contributed by atoms with Crippen LogP contribution in [0.15, 0.2) is 77.7 Å². The molecule has 0 saturated carbocycles. The van der Waals surface area contributed by atoms with Crippen LogP contribution in [-0.2, 0) is 10.0 Å². The van der Waals surface area contributed by atoms with Gasteiger partial charge >= 0.3 is 0 Å². The molecule has 3 rings (SSSR count). The Morgan fingerprint density at radius 1 is 0.885 bits per heavy atom. The zero-order valence-corrected chi connectivity index (χ0v) is 15.0. The number of primary amides is 1. The predicted molar refractivity (Wildman–Crippen MR) is 102 cm³/mol. The van der Waals surface area contributed by atoms with E-state index in [1.54, 1.807) is 49.4 Å². The minimum absolute atomic E-state index is 0.162. The number of hydrogen-bond acceptors (Lipinski definition) is 3. The van der Waals surface area contributed by atoms with E-state index in [0.717, 1.165) is 5.56 Å². The van der Waals surface area contributed by atoms with Crippen LogP contribution in [0.3, 0.4) is 0 Å². The molecule has 1 amide bonds. The molecule has 0 spiro atoms. The number of rotatable bonds is 5. The summed E-state index contributed by atoms with van der Waals surface area (Å²) in [5.74, 6) is -0.603. The van der Waals surface area contributed by atoms with Crippen molar-refractivity contribution >= 4 is 21.6 Å². The summed E-state index contributed by atoms with van der Waals surface area (Å²) >= 11 is 0. The Bertz CT molecular complexity index is 1060. The summed E-state index contributed by atoms with van der Waals surface area (Å²) in [4.78, 5) is 11.7. The Balaban J connectivity index is 2.06. The molecule has 5 nitrogen and oxygen atoms in total. The number of nitrogens with one attached hydrogen (secondary N) is 1. The predicted octanol–water partition coefficient (Wildman–Crippen LogP) is 3.56. The molecule has 0 aliphatic carbocycles. The number of sulfonamides is 1. The van der Waals surface area contributed by atoms with E-state index >= 15 is 0 Å². The highest BCUT2D eigenvalue weighted by Gasteiger charge is 2.21. The SMILES string of the molecule is Cc1c(NS(=O)(=O)c2ccccc2-c2ccccc2)cccc1C(N)=O. The molecule has 0 atom stereocenters. The number of carbonyl (C=O) groups is 1. The van der Waals surface area contributed by atoms with E-state index in [1.165, 1.54) is 0 Å². The molecule has 0 unspecified atom stereocenters. The largest absolute Gasteiger partial charge is 0.366 e. The van der Waals surface area contributed by atoms with Gasteiger partial charge in [-0.2, -0.15) is 0 Å². The fourth-order valence-corrected chi connectivity index (χ4v) is 4.12. The lowest BCUT2D eigenvalue weighted by atomic mass is 10.1. The van der Waals surface area contributed by atoms with Gasteiger partial charge in [0, 0.05) is 11.1 Å². The first-order valence-electron chi connectivity index (χ1n) is 7.97. The van der Waals surface area contributed by atoms with Crippen LogP contribution >= 0.6 is 0 Å². The van der Waals surface area contributed by atoms with E-state index in [4.69, 9.17) is 5.73 Å². The number of carbonyl (C=O) groups excluding carboxylic acids is 1. The Kier molecular flexibility index (Phi) is 4.77. The average Bonchev–Trinajstić information content (AvgIpc) is 2.64. The standard InChI is InChI=1S/C20H18N2O3S/c1-14-16(20(21)23)11-7-12-18(14)22-26(24,25)19-13-6-5-10-17(19)15-8-3-2-4-9-15/h2-13,22H,1H3,(H2,21,23). The van der Waals surface area contributed by atoms with Gasteiger partial charge < -0.3 is 5.73 Å². The molecule has 0 fully saturated rings. The highest BCUT2D eigenvalue weighted by molar-refractivity contribution is 7.92. The van der Waals surface area contributed by atoms with Gasteiger partial charge in [-0.25, -0.2) is 8.42 Å². The summed E-state index contributed by atoms with van der Waals surface area (Å²) in [6.45, 7) is 1.65. The zero-order valence-electron chi connectivity index (χ0n) is 14.1. The van der Waals surface area contributed by atoms with Crippen LogP contribution in [-0.4, -0.2) is 14.3 Å². The average molecular weight is 366 g/mol. The summed E-state index contributed by atoms with van der Waals surface area (Å²) in [7, 11) is -3.86. The van der Waals surface area contributed by atoms with Crippen molar-refractivity contribution in [3.8, 4) is 11.1 Å². The van der Waals surface area contributed by atoms with Crippen molar-refractivity contribution in [2.75, 3.05) is 4.72 Å². The summed E-state index contributed by atoms with van der Waals surface area (Å²) in [5.41, 5.74) is 7.83. The molecule has 132 valence electrons. The van der Waals surface area contributed by atoms with Crippen LogP contribution in [0.2, 0.25) is 0 Å². The smallest absolute Gasteiger partial charge is 0.262 e. The first kappa shape index (κ1) is 17.7. The lowest BCUT2D eigenvalue weighted by Crippen LogP contribution is -2.17. The maximum Gasteiger partial charge on any atom is 0.262 e. The number of amides is 1. The van der Waals surface area contributed by atoms with Gasteiger partial charge in [0.25, 0.3) is 10.0 Å². The molecule has 3 aromatic rings. The van der Waals surface area contributed by atoms with Gasteiger partial charge in [0.05, 0.1) is 10.6 Å². The van der Waals surface area contributed by atoms with Crippen LogP contribution in [0.1, 0.15) is 15.9 Å². The number of anilines is 1. The number of nitrogens with two attached hydrogens (primary N) is 1. The van der Waals surface area contributed by atoms with Crippen LogP contribution in [0.4, 0.5) is 5.69 Å². The maximum atomic E-state index is 13.0. The van der Waals surface area contributed by atoms with Gasteiger partial charge in [-0.05, 0) is 36.2 Å². The van der Waals surface area contributed by atoms with Gasteiger partial charge in [-0.15, -0.1) is 0 Å². The molecule has 3 aromatic carbocycles. The molecular formula is C20H18N2O3S. The normalized spacial score (nSPS) is 11.1. The van der Waals surface area contributed by atoms with Crippen LogP contribution in [0.25, 0.3) is 11.1 Å². The first-order chi connectivity index (χ1) is 12.4. The Morgan fingerprint density at radius 2 is 1.54 bits per heavy atom. The molecule has 0 aliphatic heterocycles. The molecule has 0 aliphatic rings. The van der Waals surface area contributed by atoms with Crippen LogP contribution in [0, 0.1) is 6.92 Å². The lowest BCUT2D eigenvalue weighted by molar-refractivity contribution is 0.0999. The highest BCUT2D eigenvalue weighted by Crippen LogP contribution is 2.29. The molecule has 0 heterocycles. The van der Waals surface area contributed by atoms with Gasteiger partial charge in [0.2, 0.25) is 5.91 Å². The van der Waals surface area contributed by atoms with E-state index in [0.29, 0.717) is 16.8 Å². The van der Waals surface area contributed by atoms with E-state index < -0.39 is 15.9 Å². The molecule has 0 aromatic heterocycles. The number of benzene rings is 3. The quantitative estimate of drug-likeness (QED) is 0.723. The molecule has 6 heteroatoms. The van der Waals surface area contributed by atoms with Gasteiger partial charge in [0.1, 0.15) is 0 Å². The summed E-state index contributed by atoms with van der Waals surface area (Å²) in [6, 6.07) is 20.8. The van der Waals surface area contributed by atoms with Gasteiger partial charge in [-0.1, -0.05) is 54.6 Å². The van der Waals surface area contributed by atoms with Crippen molar-refractivity contribution in [2.45, 2.75) is 11.8 Å². The van der Waals surface area contributed by atoms with E-state index in [2.05, 4.69) is 4.72 Å². The maximum absolute atomic E-state index is 13.0. The monoisotopic (exact) mass is 366 g/mol. The van der Waals surface area contributed by atoms with Crippen molar-refractivity contribution in [3.63, 3.8) is 0 Å². The Labute approximate surface area is 152 Å². The fourth-order valence-electron chi connectivity index (χ4n) is 2.77. The Hall–Kier alpha value is -3.12. The molecule has 3 N–H and O–H groups in total. The van der Waals surface area contributed by atoms with Crippen molar-refractivity contribution in [1.82, 2.24) is 0 Å². The number of hydrogen-bond donors (Lipinski definition) is 2. The lowest BCUT2D eigenvalue weighted by Gasteiger charge is -2.15. The molecule has 0 bridgehead atoms. The second-order valence-corrected chi connectivity index (χ2v) is 7.46. The van der Waals surface area contributed by atoms with Crippen molar-refractivity contribution in [3.05, 3.63) is 83.9 Å². The Morgan fingerprint density at radius 3 is 2.23 bits per heavy atom. The van der Waals surface area contributed by atoms with Crippen molar-refractivity contribution < 1.29 is 13.2 Å². The third kappa shape index (κ3) is 3.45. The van der Waals surface area contributed by atoms with Crippen molar-refractivity contribution in [1.29, 1.82) is 0 Å². The van der Waals surface area contributed by atoms with Crippen LogP contribution < -0.4 is 10.5 Å².